The number of benzene rings is 2. The first-order valence-corrected chi connectivity index (χ1v) is 9.32. The van der Waals surface area contributed by atoms with Crippen LogP contribution in [0.1, 0.15) is 41.1 Å². The van der Waals surface area contributed by atoms with Gasteiger partial charge in [-0.1, -0.05) is 6.07 Å². The van der Waals surface area contributed by atoms with Crippen molar-refractivity contribution in [2.75, 3.05) is 27.1 Å². The maximum Gasteiger partial charge on any atom is 0.170 e. The number of ketones is 1. The fourth-order valence-electron chi connectivity index (χ4n) is 4.03. The van der Waals surface area contributed by atoms with Crippen LogP contribution in [0.3, 0.4) is 0 Å². The third-order valence-electron chi connectivity index (χ3n) is 5.59. The lowest BCUT2D eigenvalue weighted by Crippen LogP contribution is -2.33. The third kappa shape index (κ3) is 3.97. The first-order valence-electron chi connectivity index (χ1n) is 9.32. The van der Waals surface area contributed by atoms with Crippen molar-refractivity contribution in [1.82, 2.24) is 0 Å². The van der Waals surface area contributed by atoms with E-state index in [-0.39, 0.29) is 29.4 Å². The van der Waals surface area contributed by atoms with Gasteiger partial charge in [0.05, 0.1) is 31.6 Å². The smallest absolute Gasteiger partial charge is 0.170 e. The minimum Gasteiger partial charge on any atom is -0.497 e. The van der Waals surface area contributed by atoms with Crippen LogP contribution in [0.5, 0.6) is 11.5 Å². The summed E-state index contributed by atoms with van der Waals surface area (Å²) in [6.07, 6.45) is 2.17. The summed E-state index contributed by atoms with van der Waals surface area (Å²) in [6, 6.07) is 9.90. The molecule has 0 spiro atoms. The molecule has 6 heteroatoms. The van der Waals surface area contributed by atoms with Gasteiger partial charge in [-0.2, -0.15) is 0 Å². The minimum absolute atomic E-state index is 0.000372. The van der Waals surface area contributed by atoms with E-state index in [1.807, 2.05) is 0 Å². The topological polar surface area (TPSA) is 70.8 Å². The fourth-order valence-corrected chi connectivity index (χ4v) is 4.03. The van der Waals surface area contributed by atoms with Gasteiger partial charge in [-0.05, 0) is 61.1 Å². The van der Waals surface area contributed by atoms with Crippen molar-refractivity contribution < 1.29 is 23.4 Å². The second kappa shape index (κ2) is 8.61. The summed E-state index contributed by atoms with van der Waals surface area (Å²) in [5.41, 5.74) is 7.21. The summed E-state index contributed by atoms with van der Waals surface area (Å²) >= 11 is 0. The van der Waals surface area contributed by atoms with Crippen LogP contribution in [0.2, 0.25) is 0 Å². The molecule has 5 nitrogen and oxygen atoms in total. The zero-order valence-electron chi connectivity index (χ0n) is 16.4. The predicted octanol–water partition coefficient (Wildman–Crippen LogP) is 4.21. The van der Waals surface area contributed by atoms with Crippen LogP contribution in [-0.2, 0) is 4.74 Å². The lowest BCUT2D eigenvalue weighted by atomic mass is 9.71. The number of nitrogens with two attached hydrogens (primary N) is 1. The van der Waals surface area contributed by atoms with E-state index in [1.165, 1.54) is 13.2 Å². The summed E-state index contributed by atoms with van der Waals surface area (Å²) in [5.74, 6) is 0.202. The molecule has 0 aromatic heterocycles. The second-order valence-electron chi connectivity index (χ2n) is 7.10. The number of carbonyl (C=O) groups excluding carboxylic acids is 1. The SMILES string of the molecule is COc1ccc(OC)c(C(=O)C2CC(OC)CCC2c2ccc(F)c(N)c2)c1. The zero-order chi connectivity index (χ0) is 20.3. The Hall–Kier alpha value is -2.60. The van der Waals surface area contributed by atoms with Crippen molar-refractivity contribution in [2.45, 2.75) is 31.3 Å². The maximum absolute atomic E-state index is 13.6. The lowest BCUT2D eigenvalue weighted by Gasteiger charge is -2.35. The Morgan fingerprint density at radius 2 is 1.86 bits per heavy atom. The summed E-state index contributed by atoms with van der Waals surface area (Å²) in [4.78, 5) is 13.5. The van der Waals surface area contributed by atoms with Crippen LogP contribution in [0.4, 0.5) is 10.1 Å². The Bertz CT molecular complexity index is 854. The number of anilines is 1. The highest BCUT2D eigenvalue weighted by Gasteiger charge is 2.37. The number of carbonyl (C=O) groups is 1. The number of rotatable bonds is 6. The van der Waals surface area contributed by atoms with Gasteiger partial charge in [0, 0.05) is 13.0 Å². The molecule has 3 rings (SSSR count). The summed E-state index contributed by atoms with van der Waals surface area (Å²) < 4.78 is 29.9. The third-order valence-corrected chi connectivity index (χ3v) is 5.59. The Labute approximate surface area is 164 Å². The van der Waals surface area contributed by atoms with E-state index in [4.69, 9.17) is 19.9 Å². The van der Waals surface area contributed by atoms with Crippen molar-refractivity contribution >= 4 is 11.5 Å². The van der Waals surface area contributed by atoms with Crippen molar-refractivity contribution in [3.63, 3.8) is 0 Å². The average Bonchev–Trinajstić information content (AvgIpc) is 2.74. The molecule has 0 amide bonds. The van der Waals surface area contributed by atoms with Gasteiger partial charge in [-0.3, -0.25) is 4.79 Å². The van der Waals surface area contributed by atoms with Crippen molar-refractivity contribution in [1.29, 1.82) is 0 Å². The molecule has 28 heavy (non-hydrogen) atoms. The number of hydrogen-bond donors (Lipinski definition) is 1. The second-order valence-corrected chi connectivity index (χ2v) is 7.10. The minimum atomic E-state index is -0.452. The predicted molar refractivity (Wildman–Crippen MR) is 106 cm³/mol. The van der Waals surface area contributed by atoms with E-state index >= 15 is 0 Å². The van der Waals surface area contributed by atoms with Crippen LogP contribution in [0, 0.1) is 11.7 Å². The molecule has 3 atom stereocenters. The summed E-state index contributed by atoms with van der Waals surface area (Å²) in [5, 5.41) is 0. The molecule has 0 heterocycles. The van der Waals surface area contributed by atoms with E-state index in [1.54, 1.807) is 44.6 Å². The normalized spacial score (nSPS) is 21.9. The summed E-state index contributed by atoms with van der Waals surface area (Å²) in [6.45, 7) is 0. The number of methoxy groups -OCH3 is 3. The molecule has 2 N–H and O–H groups in total. The van der Waals surface area contributed by atoms with Gasteiger partial charge in [0.15, 0.2) is 5.78 Å². The van der Waals surface area contributed by atoms with E-state index in [0.29, 0.717) is 23.5 Å². The molecular weight excluding hydrogens is 361 g/mol. The molecule has 0 aliphatic heterocycles. The molecule has 1 aliphatic carbocycles. The van der Waals surface area contributed by atoms with Gasteiger partial charge >= 0.3 is 0 Å². The average molecular weight is 387 g/mol. The molecule has 0 radical (unpaired) electrons. The van der Waals surface area contributed by atoms with Gasteiger partial charge < -0.3 is 19.9 Å². The molecule has 1 fully saturated rings. The zero-order valence-corrected chi connectivity index (χ0v) is 16.4. The largest absolute Gasteiger partial charge is 0.497 e. The Morgan fingerprint density at radius 1 is 1.07 bits per heavy atom. The number of hydrogen-bond acceptors (Lipinski definition) is 5. The lowest BCUT2D eigenvalue weighted by molar-refractivity contribution is 0.0388. The molecule has 3 unspecified atom stereocenters. The van der Waals surface area contributed by atoms with Crippen molar-refractivity contribution in [3.05, 3.63) is 53.3 Å². The molecule has 2 aromatic rings. The van der Waals surface area contributed by atoms with E-state index in [0.717, 1.165) is 18.4 Å². The molecule has 150 valence electrons. The summed E-state index contributed by atoms with van der Waals surface area (Å²) in [7, 11) is 4.76. The number of Topliss-reactive ketones (excluding diaryl/α,β-unsaturated/α-hetero) is 1. The van der Waals surface area contributed by atoms with E-state index in [9.17, 15) is 9.18 Å². The Balaban J connectivity index is 2.00. The van der Waals surface area contributed by atoms with E-state index < -0.39 is 5.82 Å². The van der Waals surface area contributed by atoms with Crippen molar-refractivity contribution in [2.24, 2.45) is 5.92 Å². The standard InChI is InChI=1S/C22H26FNO4/c1-26-14-5-7-16(13-4-8-19(23)20(24)10-13)17(11-14)22(25)18-12-15(27-2)6-9-21(18)28-3/h4,6,8-10,12,14,16-17H,5,7,11,24H2,1-3H3. The van der Waals surface area contributed by atoms with Gasteiger partial charge in [-0.25, -0.2) is 4.39 Å². The van der Waals surface area contributed by atoms with Crippen LogP contribution in [0.15, 0.2) is 36.4 Å². The van der Waals surface area contributed by atoms with Crippen LogP contribution < -0.4 is 15.2 Å². The van der Waals surface area contributed by atoms with Crippen LogP contribution >= 0.6 is 0 Å². The quantitative estimate of drug-likeness (QED) is 0.594. The fraction of sp³-hybridized carbons (Fsp3) is 0.409. The first kappa shape index (κ1) is 20.1. The van der Waals surface area contributed by atoms with E-state index in [2.05, 4.69) is 0 Å². The molecule has 2 aromatic carbocycles. The van der Waals surface area contributed by atoms with Crippen LogP contribution in [-0.4, -0.2) is 33.2 Å². The molecule has 1 saturated carbocycles. The molecular formula is C22H26FNO4. The Kier molecular flexibility index (Phi) is 6.19. The first-order chi connectivity index (χ1) is 13.5. The highest BCUT2D eigenvalue weighted by atomic mass is 19.1. The van der Waals surface area contributed by atoms with Gasteiger partial charge in [0.25, 0.3) is 0 Å². The number of nitrogen functional groups attached to an aromatic ring is 1. The Morgan fingerprint density at radius 3 is 2.50 bits per heavy atom. The van der Waals surface area contributed by atoms with Gasteiger partial charge in [0.2, 0.25) is 0 Å². The number of halogens is 1. The van der Waals surface area contributed by atoms with Gasteiger partial charge in [-0.15, -0.1) is 0 Å². The highest BCUT2D eigenvalue weighted by molar-refractivity contribution is 6.01. The monoisotopic (exact) mass is 387 g/mol. The van der Waals surface area contributed by atoms with Crippen molar-refractivity contribution in [3.8, 4) is 11.5 Å². The van der Waals surface area contributed by atoms with Gasteiger partial charge in [0.1, 0.15) is 17.3 Å². The van der Waals surface area contributed by atoms with Crippen LogP contribution in [0.25, 0.3) is 0 Å². The molecule has 1 aliphatic rings. The molecule has 0 bridgehead atoms. The number of ether oxygens (including phenoxy) is 3. The maximum atomic E-state index is 13.6. The highest BCUT2D eigenvalue weighted by Crippen LogP contribution is 2.42. The molecule has 0 saturated heterocycles.